The fourth-order valence-electron chi connectivity index (χ4n) is 4.48. The number of alkyl halides is 3. The number of nitrogens with one attached hydrogen (secondary N) is 2. The van der Waals surface area contributed by atoms with Crippen molar-refractivity contribution < 1.29 is 36.6 Å². The molecular weight excluding hydrogens is 585 g/mol. The van der Waals surface area contributed by atoms with E-state index in [1.54, 1.807) is 18.2 Å². The maximum absolute atomic E-state index is 13.5. The molecule has 1 amide bonds. The molecule has 232 valence electrons. The first kappa shape index (κ1) is 32.1. The van der Waals surface area contributed by atoms with Gasteiger partial charge in [0.1, 0.15) is 0 Å². The highest BCUT2D eigenvalue weighted by molar-refractivity contribution is 6.05. The number of carboxylic acids is 1. The molecule has 3 aromatic carbocycles. The molecule has 5 N–H and O–H groups in total. The zero-order valence-electron chi connectivity index (χ0n) is 23.3. The first-order chi connectivity index (χ1) is 20.9. The Labute approximate surface area is 249 Å². The van der Waals surface area contributed by atoms with Crippen LogP contribution < -0.4 is 16.4 Å². The lowest BCUT2D eigenvalue weighted by atomic mass is 10.1. The number of rotatable bonds is 10. The second-order valence-electron chi connectivity index (χ2n) is 10.3. The van der Waals surface area contributed by atoms with Crippen molar-refractivity contribution >= 4 is 23.3 Å². The van der Waals surface area contributed by atoms with Gasteiger partial charge >= 0.3 is 12.1 Å². The number of nitrogens with zero attached hydrogens (tertiary/aromatic N) is 2. The fraction of sp³-hybridized carbons (Fsp3) is 0.258. The van der Waals surface area contributed by atoms with E-state index in [1.807, 2.05) is 48.9 Å². The number of halogens is 5. The third-order valence-electron chi connectivity index (χ3n) is 6.94. The first-order valence-corrected chi connectivity index (χ1v) is 13.6. The van der Waals surface area contributed by atoms with Gasteiger partial charge < -0.3 is 26.0 Å². The van der Waals surface area contributed by atoms with Crippen LogP contribution in [0.5, 0.6) is 0 Å². The molecule has 1 aromatic heterocycles. The minimum atomic E-state index is -5.08. The van der Waals surface area contributed by atoms with Gasteiger partial charge in [0.05, 0.1) is 23.4 Å². The summed E-state index contributed by atoms with van der Waals surface area (Å²) < 4.78 is 60.4. The van der Waals surface area contributed by atoms with E-state index in [0.29, 0.717) is 23.5 Å². The Hall–Kier alpha value is -4.78. The zero-order chi connectivity index (χ0) is 31.9. The molecule has 0 spiro atoms. The van der Waals surface area contributed by atoms with Gasteiger partial charge in [-0.05, 0) is 66.8 Å². The van der Waals surface area contributed by atoms with Crippen LogP contribution >= 0.6 is 0 Å². The van der Waals surface area contributed by atoms with Crippen LogP contribution in [0.25, 0.3) is 0 Å². The van der Waals surface area contributed by atoms with E-state index in [-0.39, 0.29) is 17.9 Å². The molecule has 1 fully saturated rings. The van der Waals surface area contributed by atoms with Crippen molar-refractivity contribution in [2.24, 2.45) is 0 Å². The number of aryl methyl sites for hydroxylation is 2. The van der Waals surface area contributed by atoms with E-state index in [4.69, 9.17) is 15.6 Å². The molecule has 4 aromatic rings. The molecule has 0 bridgehead atoms. The van der Waals surface area contributed by atoms with E-state index >= 15 is 0 Å². The second-order valence-corrected chi connectivity index (χ2v) is 10.3. The normalized spacial score (nSPS) is 15.7. The summed E-state index contributed by atoms with van der Waals surface area (Å²) in [5, 5.41) is 13.4. The number of carboxylic acid groups (broad SMARTS) is 1. The molecule has 13 heteroatoms. The average molecular weight is 616 g/mol. The van der Waals surface area contributed by atoms with Crippen LogP contribution in [0, 0.1) is 11.6 Å². The zero-order valence-corrected chi connectivity index (χ0v) is 23.3. The summed E-state index contributed by atoms with van der Waals surface area (Å²) in [4.78, 5) is 25.9. The first-order valence-electron chi connectivity index (χ1n) is 13.6. The van der Waals surface area contributed by atoms with Crippen LogP contribution in [-0.4, -0.2) is 38.8 Å². The van der Waals surface area contributed by atoms with Crippen LogP contribution in [-0.2, 0) is 24.3 Å². The number of hydrogen-bond donors (Lipinski definition) is 4. The van der Waals surface area contributed by atoms with Gasteiger partial charge in [0.25, 0.3) is 5.91 Å². The summed E-state index contributed by atoms with van der Waals surface area (Å²) in [5.41, 5.74) is 10.6. The van der Waals surface area contributed by atoms with E-state index in [0.717, 1.165) is 42.6 Å². The molecule has 1 heterocycles. The number of benzene rings is 3. The van der Waals surface area contributed by atoms with Gasteiger partial charge in [-0.25, -0.2) is 18.6 Å². The Kier molecular flexibility index (Phi) is 10.3. The molecule has 5 rings (SSSR count). The number of carbonyl (C=O) groups is 2. The maximum atomic E-state index is 13.5. The largest absolute Gasteiger partial charge is 0.490 e. The number of anilines is 2. The fourth-order valence-corrected chi connectivity index (χ4v) is 4.48. The number of aromatic nitrogens is 2. The summed E-state index contributed by atoms with van der Waals surface area (Å²) >= 11 is 0. The average Bonchev–Trinajstić information content (AvgIpc) is 3.62. The van der Waals surface area contributed by atoms with Crippen molar-refractivity contribution in [2.45, 2.75) is 50.5 Å². The number of amides is 1. The van der Waals surface area contributed by atoms with Crippen LogP contribution in [0.1, 0.15) is 45.9 Å². The lowest BCUT2D eigenvalue weighted by Gasteiger charge is -2.08. The minimum Gasteiger partial charge on any atom is -0.475 e. The molecule has 1 aliphatic rings. The molecule has 0 saturated heterocycles. The predicted molar refractivity (Wildman–Crippen MR) is 154 cm³/mol. The molecule has 1 saturated carbocycles. The lowest BCUT2D eigenvalue weighted by molar-refractivity contribution is -0.192. The van der Waals surface area contributed by atoms with Gasteiger partial charge in [0.15, 0.2) is 11.6 Å². The van der Waals surface area contributed by atoms with Gasteiger partial charge in [-0.1, -0.05) is 30.3 Å². The van der Waals surface area contributed by atoms with E-state index in [1.165, 1.54) is 12.1 Å². The van der Waals surface area contributed by atoms with Crippen molar-refractivity contribution in [3.63, 3.8) is 0 Å². The van der Waals surface area contributed by atoms with Crippen LogP contribution in [0.4, 0.5) is 33.3 Å². The van der Waals surface area contributed by atoms with Crippen molar-refractivity contribution in [3.8, 4) is 0 Å². The monoisotopic (exact) mass is 615 g/mol. The highest BCUT2D eigenvalue weighted by Gasteiger charge is 2.39. The van der Waals surface area contributed by atoms with E-state index in [9.17, 15) is 26.7 Å². The molecule has 0 aliphatic heterocycles. The van der Waals surface area contributed by atoms with Gasteiger partial charge in [-0.3, -0.25) is 4.79 Å². The quantitative estimate of drug-likeness (QED) is 0.130. The topological polar surface area (TPSA) is 122 Å². The van der Waals surface area contributed by atoms with Crippen LogP contribution in [0.3, 0.4) is 0 Å². The highest BCUT2D eigenvalue weighted by atomic mass is 19.4. The SMILES string of the molecule is Nc1ccccc1NC(=O)c1ccc(CCCn2cnc(CNC3CC3c3ccc(F)c(F)c3)c2)cc1.O=C(O)C(F)(F)F. The van der Waals surface area contributed by atoms with Crippen molar-refractivity contribution in [1.82, 2.24) is 14.9 Å². The van der Waals surface area contributed by atoms with E-state index < -0.39 is 23.8 Å². The van der Waals surface area contributed by atoms with Gasteiger partial charge in [0.2, 0.25) is 0 Å². The van der Waals surface area contributed by atoms with Gasteiger partial charge in [0, 0.05) is 36.8 Å². The van der Waals surface area contributed by atoms with Crippen molar-refractivity contribution in [1.29, 1.82) is 0 Å². The number of aliphatic carboxylic acids is 1. The molecule has 8 nitrogen and oxygen atoms in total. The predicted octanol–water partition coefficient (Wildman–Crippen LogP) is 5.91. The summed E-state index contributed by atoms with van der Waals surface area (Å²) in [6, 6.07) is 19.2. The second kappa shape index (κ2) is 14.1. The summed E-state index contributed by atoms with van der Waals surface area (Å²) in [6.07, 6.45) is 1.52. The Morgan fingerprint density at radius 1 is 1.02 bits per heavy atom. The Morgan fingerprint density at radius 2 is 1.73 bits per heavy atom. The van der Waals surface area contributed by atoms with Crippen molar-refractivity contribution in [2.75, 3.05) is 11.1 Å². The minimum absolute atomic E-state index is 0.189. The summed E-state index contributed by atoms with van der Waals surface area (Å²) in [6.45, 7) is 1.47. The maximum Gasteiger partial charge on any atom is 0.490 e. The Balaban J connectivity index is 0.000000566. The number of para-hydroxylation sites is 2. The smallest absolute Gasteiger partial charge is 0.475 e. The molecule has 44 heavy (non-hydrogen) atoms. The summed E-state index contributed by atoms with van der Waals surface area (Å²) in [5.74, 6) is -4.34. The Bertz CT molecular complexity index is 1590. The number of carbonyl (C=O) groups excluding carboxylic acids is 1. The van der Waals surface area contributed by atoms with Crippen LogP contribution in [0.2, 0.25) is 0 Å². The molecule has 0 radical (unpaired) electrons. The number of imidazole rings is 1. The van der Waals surface area contributed by atoms with Gasteiger partial charge in [-0.2, -0.15) is 13.2 Å². The molecule has 2 unspecified atom stereocenters. The lowest BCUT2D eigenvalue weighted by Crippen LogP contribution is -2.21. The molecule has 2 atom stereocenters. The standard InChI is InChI=1S/C29H29F2N5O.C2HF3O2/c30-24-12-11-21(14-25(24)31)23-15-28(23)33-16-22-17-36(18-34-22)13-3-4-19-7-9-20(10-8-19)29(37)35-27-6-2-1-5-26(27)32;3-2(4,5)1(6)7/h1-2,5-12,14,17-18,23,28,33H,3-4,13,15-16,32H2,(H,35,37);(H,6,7). The summed E-state index contributed by atoms with van der Waals surface area (Å²) in [7, 11) is 0. The van der Waals surface area contributed by atoms with Gasteiger partial charge in [-0.15, -0.1) is 0 Å². The van der Waals surface area contributed by atoms with E-state index in [2.05, 4.69) is 20.2 Å². The Morgan fingerprint density at radius 3 is 2.39 bits per heavy atom. The number of hydrogen-bond acceptors (Lipinski definition) is 5. The molecular formula is C31H30F5N5O3. The highest BCUT2D eigenvalue weighted by Crippen LogP contribution is 2.41. The third kappa shape index (κ3) is 9.11. The number of nitrogen functional groups attached to an aromatic ring is 1. The van der Waals surface area contributed by atoms with Crippen LogP contribution in [0.15, 0.2) is 79.3 Å². The van der Waals surface area contributed by atoms with Crippen molar-refractivity contribution in [3.05, 3.63) is 113 Å². The third-order valence-corrected chi connectivity index (χ3v) is 6.94. The molecule has 1 aliphatic carbocycles. The number of nitrogens with two attached hydrogens (primary N) is 1.